The third kappa shape index (κ3) is 2.28. The first-order valence-electron chi connectivity index (χ1n) is 5.19. The minimum Gasteiger partial charge on any atom is -0.480 e. The van der Waals surface area contributed by atoms with Gasteiger partial charge in [-0.15, -0.1) is 0 Å². The SMILES string of the molecule is COC1CC(C(=O)O)N(c2cc(=O)[nH]cn2)C1. The molecule has 2 unspecified atom stereocenters. The van der Waals surface area contributed by atoms with Gasteiger partial charge in [0, 0.05) is 26.1 Å². The van der Waals surface area contributed by atoms with Gasteiger partial charge in [0.15, 0.2) is 0 Å². The molecule has 0 amide bonds. The first kappa shape index (κ1) is 11.6. The molecule has 0 radical (unpaired) electrons. The van der Waals surface area contributed by atoms with E-state index < -0.39 is 12.0 Å². The predicted molar refractivity (Wildman–Crippen MR) is 59.0 cm³/mol. The molecule has 0 aromatic carbocycles. The third-order valence-corrected chi connectivity index (χ3v) is 2.84. The molecule has 1 aromatic rings. The van der Waals surface area contributed by atoms with Gasteiger partial charge in [0.05, 0.1) is 12.4 Å². The van der Waals surface area contributed by atoms with Crippen LogP contribution in [0.25, 0.3) is 0 Å². The van der Waals surface area contributed by atoms with Crippen molar-refractivity contribution in [2.24, 2.45) is 0 Å². The van der Waals surface area contributed by atoms with Crippen LogP contribution in [0.4, 0.5) is 5.82 Å². The summed E-state index contributed by atoms with van der Waals surface area (Å²) in [4.78, 5) is 30.2. The molecule has 92 valence electrons. The van der Waals surface area contributed by atoms with Crippen molar-refractivity contribution in [1.29, 1.82) is 0 Å². The second-order valence-electron chi connectivity index (χ2n) is 3.87. The fourth-order valence-corrected chi connectivity index (χ4v) is 1.97. The van der Waals surface area contributed by atoms with Gasteiger partial charge in [-0.1, -0.05) is 0 Å². The summed E-state index contributed by atoms with van der Waals surface area (Å²) in [6.45, 7) is 0.421. The molecule has 1 fully saturated rings. The number of hydrogen-bond acceptors (Lipinski definition) is 5. The molecule has 17 heavy (non-hydrogen) atoms. The number of methoxy groups -OCH3 is 1. The van der Waals surface area contributed by atoms with Gasteiger partial charge in [0.2, 0.25) is 0 Å². The molecule has 2 atom stereocenters. The Kier molecular flexibility index (Phi) is 3.10. The maximum atomic E-state index is 11.2. The van der Waals surface area contributed by atoms with Crippen LogP contribution in [-0.4, -0.2) is 46.8 Å². The number of nitrogens with one attached hydrogen (secondary N) is 1. The highest BCUT2D eigenvalue weighted by Gasteiger charge is 2.37. The summed E-state index contributed by atoms with van der Waals surface area (Å²) in [5.41, 5.74) is -0.306. The summed E-state index contributed by atoms with van der Waals surface area (Å²) in [5.74, 6) is -0.577. The van der Waals surface area contributed by atoms with E-state index in [9.17, 15) is 9.59 Å². The molecule has 1 aliphatic heterocycles. The van der Waals surface area contributed by atoms with Gasteiger partial charge in [-0.3, -0.25) is 4.79 Å². The summed E-state index contributed by atoms with van der Waals surface area (Å²) in [6.07, 6.45) is 1.49. The Labute approximate surface area is 97.0 Å². The zero-order valence-corrected chi connectivity index (χ0v) is 9.29. The monoisotopic (exact) mass is 239 g/mol. The molecule has 2 heterocycles. The quantitative estimate of drug-likeness (QED) is 0.734. The van der Waals surface area contributed by atoms with E-state index in [0.717, 1.165) is 0 Å². The molecule has 7 heteroatoms. The molecule has 7 nitrogen and oxygen atoms in total. The van der Waals surface area contributed by atoms with E-state index >= 15 is 0 Å². The van der Waals surface area contributed by atoms with Gasteiger partial charge in [-0.2, -0.15) is 0 Å². The van der Waals surface area contributed by atoms with Crippen molar-refractivity contribution < 1.29 is 14.6 Å². The molecular weight excluding hydrogens is 226 g/mol. The van der Waals surface area contributed by atoms with Crippen LogP contribution in [0.15, 0.2) is 17.2 Å². The summed E-state index contributed by atoms with van der Waals surface area (Å²) in [5, 5.41) is 9.12. The number of ether oxygens (including phenoxy) is 1. The highest BCUT2D eigenvalue weighted by molar-refractivity contribution is 5.78. The number of carboxylic acids is 1. The lowest BCUT2D eigenvalue weighted by atomic mass is 10.2. The lowest BCUT2D eigenvalue weighted by Gasteiger charge is -2.21. The van der Waals surface area contributed by atoms with Crippen LogP contribution >= 0.6 is 0 Å². The molecule has 0 saturated carbocycles. The van der Waals surface area contributed by atoms with E-state index in [-0.39, 0.29) is 11.7 Å². The topological polar surface area (TPSA) is 95.5 Å². The molecule has 2 rings (SSSR count). The molecule has 0 bridgehead atoms. The average molecular weight is 239 g/mol. The number of anilines is 1. The number of carboxylic acid groups (broad SMARTS) is 1. The number of carbonyl (C=O) groups is 1. The highest BCUT2D eigenvalue weighted by atomic mass is 16.5. The Morgan fingerprint density at radius 3 is 3.06 bits per heavy atom. The van der Waals surface area contributed by atoms with Crippen molar-refractivity contribution in [3.63, 3.8) is 0 Å². The van der Waals surface area contributed by atoms with Crippen molar-refractivity contribution in [2.45, 2.75) is 18.6 Å². The van der Waals surface area contributed by atoms with E-state index in [1.54, 1.807) is 4.90 Å². The lowest BCUT2D eigenvalue weighted by Crippen LogP contribution is -2.37. The fourth-order valence-electron chi connectivity index (χ4n) is 1.97. The van der Waals surface area contributed by atoms with Crippen molar-refractivity contribution in [1.82, 2.24) is 9.97 Å². The van der Waals surface area contributed by atoms with Crippen LogP contribution in [0.3, 0.4) is 0 Å². The van der Waals surface area contributed by atoms with Crippen LogP contribution in [0, 0.1) is 0 Å². The molecule has 0 spiro atoms. The van der Waals surface area contributed by atoms with Gasteiger partial charge in [-0.05, 0) is 0 Å². The van der Waals surface area contributed by atoms with Gasteiger partial charge in [-0.25, -0.2) is 9.78 Å². The third-order valence-electron chi connectivity index (χ3n) is 2.84. The largest absolute Gasteiger partial charge is 0.480 e. The van der Waals surface area contributed by atoms with Crippen LogP contribution in [0.5, 0.6) is 0 Å². The predicted octanol–water partition coefficient (Wildman–Crippen LogP) is -0.552. The van der Waals surface area contributed by atoms with Crippen molar-refractivity contribution in [2.75, 3.05) is 18.6 Å². The number of aromatic amines is 1. The van der Waals surface area contributed by atoms with Crippen LogP contribution in [-0.2, 0) is 9.53 Å². The second kappa shape index (κ2) is 4.54. The van der Waals surface area contributed by atoms with Gasteiger partial charge in [0.25, 0.3) is 5.56 Å². The minimum absolute atomic E-state index is 0.155. The van der Waals surface area contributed by atoms with Gasteiger partial charge in [0.1, 0.15) is 11.9 Å². The Morgan fingerprint density at radius 1 is 1.71 bits per heavy atom. The van der Waals surface area contributed by atoms with Crippen LogP contribution in [0.1, 0.15) is 6.42 Å². The molecule has 0 aliphatic carbocycles. The van der Waals surface area contributed by atoms with E-state index in [1.165, 1.54) is 19.5 Å². The Morgan fingerprint density at radius 2 is 2.47 bits per heavy atom. The molecular formula is C10H13N3O4. The Balaban J connectivity index is 2.29. The van der Waals surface area contributed by atoms with Crippen LogP contribution < -0.4 is 10.5 Å². The van der Waals surface area contributed by atoms with Crippen LogP contribution in [0.2, 0.25) is 0 Å². The molecule has 2 N–H and O–H groups in total. The number of aliphatic carboxylic acids is 1. The van der Waals surface area contributed by atoms with Gasteiger partial charge < -0.3 is 19.7 Å². The second-order valence-corrected chi connectivity index (χ2v) is 3.87. The summed E-state index contributed by atoms with van der Waals surface area (Å²) >= 11 is 0. The maximum absolute atomic E-state index is 11.2. The fraction of sp³-hybridized carbons (Fsp3) is 0.500. The first-order valence-corrected chi connectivity index (χ1v) is 5.19. The maximum Gasteiger partial charge on any atom is 0.326 e. The summed E-state index contributed by atoms with van der Waals surface area (Å²) < 4.78 is 5.15. The van der Waals surface area contributed by atoms with Gasteiger partial charge >= 0.3 is 5.97 Å². The van der Waals surface area contributed by atoms with Crippen molar-refractivity contribution in [3.8, 4) is 0 Å². The number of nitrogens with zero attached hydrogens (tertiary/aromatic N) is 2. The van der Waals surface area contributed by atoms with E-state index in [0.29, 0.717) is 18.8 Å². The zero-order valence-electron chi connectivity index (χ0n) is 9.29. The summed E-state index contributed by atoms with van der Waals surface area (Å²) in [7, 11) is 1.54. The van der Waals surface area contributed by atoms with Crippen molar-refractivity contribution >= 4 is 11.8 Å². The van der Waals surface area contributed by atoms with E-state index in [1.807, 2.05) is 0 Å². The number of hydrogen-bond donors (Lipinski definition) is 2. The lowest BCUT2D eigenvalue weighted by molar-refractivity contribution is -0.138. The van der Waals surface area contributed by atoms with E-state index in [4.69, 9.17) is 9.84 Å². The normalized spacial score (nSPS) is 23.9. The summed E-state index contributed by atoms with van der Waals surface area (Å²) in [6, 6.07) is 0.586. The average Bonchev–Trinajstić information content (AvgIpc) is 2.73. The number of aromatic nitrogens is 2. The zero-order chi connectivity index (χ0) is 12.4. The Bertz CT molecular complexity index is 473. The Hall–Kier alpha value is -1.89. The number of rotatable bonds is 3. The van der Waals surface area contributed by atoms with Crippen molar-refractivity contribution in [3.05, 3.63) is 22.7 Å². The minimum atomic E-state index is -0.938. The smallest absolute Gasteiger partial charge is 0.326 e. The first-order chi connectivity index (χ1) is 8.11. The standard InChI is InChI=1S/C10H13N3O4/c1-17-6-2-7(10(15)16)13(4-6)8-3-9(14)12-5-11-8/h3,5-7H,2,4H2,1H3,(H,15,16)(H,11,12,14). The molecule has 1 saturated heterocycles. The highest BCUT2D eigenvalue weighted by Crippen LogP contribution is 2.24. The molecule has 1 aliphatic rings. The number of H-pyrrole nitrogens is 1. The molecule has 1 aromatic heterocycles. The van der Waals surface area contributed by atoms with E-state index in [2.05, 4.69) is 9.97 Å².